The number of anilines is 1. The Morgan fingerprint density at radius 2 is 1.85 bits per heavy atom. The Morgan fingerprint density at radius 3 is 2.57 bits per heavy atom. The molecule has 2 saturated heterocycles. The van der Waals surface area contributed by atoms with Gasteiger partial charge in [-0.1, -0.05) is 30.3 Å². The first-order valence-corrected chi connectivity index (χ1v) is 15.6. The monoisotopic (exact) mass is 639 g/mol. The number of esters is 1. The molecule has 1 aromatic carbocycles. The third-order valence-electron chi connectivity index (χ3n) is 7.59. The number of rotatable bonds is 12. The number of hydrogen-bond donors (Lipinski definition) is 2. The molecule has 2 aromatic heterocycles. The van der Waals surface area contributed by atoms with Crippen LogP contribution in [0.2, 0.25) is 0 Å². The van der Waals surface area contributed by atoms with Gasteiger partial charge < -0.3 is 39.2 Å². The highest BCUT2D eigenvalue weighted by atomic mass is 16.8. The molecule has 2 aliphatic rings. The first-order valence-electron chi connectivity index (χ1n) is 15.6. The van der Waals surface area contributed by atoms with Crippen LogP contribution in [-0.2, 0) is 35.1 Å². The fourth-order valence-electron chi connectivity index (χ4n) is 5.64. The number of amides is 1. The highest BCUT2D eigenvalue weighted by molar-refractivity contribution is 5.83. The molecule has 2 aliphatic heterocycles. The van der Waals surface area contributed by atoms with Crippen LogP contribution in [0.3, 0.4) is 0 Å². The fraction of sp³-hybridized carbons (Fsp3) is 0.594. The Labute approximate surface area is 269 Å². The molecule has 0 radical (unpaired) electrons. The third kappa shape index (κ3) is 8.10. The fourth-order valence-corrected chi connectivity index (χ4v) is 5.64. The van der Waals surface area contributed by atoms with Crippen LogP contribution in [0.4, 0.5) is 10.6 Å². The summed E-state index contributed by atoms with van der Waals surface area (Å²) in [4.78, 5) is 41.2. The summed E-state index contributed by atoms with van der Waals surface area (Å²) in [6, 6.07) is 8.42. The largest absolute Gasteiger partial charge is 0.458 e. The lowest BCUT2D eigenvalue weighted by Crippen LogP contribution is -2.46. The Balaban J connectivity index is 1.25. The molecule has 0 spiro atoms. The summed E-state index contributed by atoms with van der Waals surface area (Å²) >= 11 is 0. The van der Waals surface area contributed by atoms with Gasteiger partial charge >= 0.3 is 12.1 Å². The molecule has 2 fully saturated rings. The van der Waals surface area contributed by atoms with E-state index in [0.717, 1.165) is 5.56 Å². The average Bonchev–Trinajstić information content (AvgIpc) is 3.65. The van der Waals surface area contributed by atoms with Gasteiger partial charge in [0.15, 0.2) is 29.0 Å². The van der Waals surface area contributed by atoms with Gasteiger partial charge in [-0.15, -0.1) is 0 Å². The molecule has 0 unspecified atom stereocenters. The van der Waals surface area contributed by atoms with Crippen LogP contribution in [0.1, 0.15) is 59.8 Å². The number of likely N-dealkylation sites (N-methyl/N-ethyl adjacent to an activating group) is 1. The number of ether oxygens (including phenoxy) is 5. The number of nitrogens with zero attached hydrogens (tertiary/aromatic N) is 5. The summed E-state index contributed by atoms with van der Waals surface area (Å²) < 4.78 is 32.1. The third-order valence-corrected chi connectivity index (χ3v) is 7.59. The molecule has 14 heteroatoms. The smallest absolute Gasteiger partial charge is 0.408 e. The van der Waals surface area contributed by atoms with Crippen molar-refractivity contribution >= 4 is 29.0 Å². The highest BCUT2D eigenvalue weighted by Gasteiger charge is 2.56. The summed E-state index contributed by atoms with van der Waals surface area (Å²) in [5.41, 5.74) is 1.39. The normalized spacial score (nSPS) is 22.9. The molecule has 5 rings (SSSR count). The Kier molecular flexibility index (Phi) is 10.1. The second kappa shape index (κ2) is 13.9. The van der Waals surface area contributed by atoms with Crippen molar-refractivity contribution in [1.82, 2.24) is 29.7 Å². The van der Waals surface area contributed by atoms with E-state index in [1.807, 2.05) is 67.6 Å². The number of carbonyl (C=O) groups excluding carboxylic acids is 2. The van der Waals surface area contributed by atoms with Crippen molar-refractivity contribution in [3.63, 3.8) is 0 Å². The zero-order valence-corrected chi connectivity index (χ0v) is 27.6. The van der Waals surface area contributed by atoms with Crippen LogP contribution < -0.4 is 10.6 Å². The Hall–Kier alpha value is -3.85. The molecule has 4 heterocycles. The molecule has 5 atom stereocenters. The first-order chi connectivity index (χ1) is 21.8. The molecule has 0 bridgehead atoms. The Morgan fingerprint density at radius 1 is 1.11 bits per heavy atom. The van der Waals surface area contributed by atoms with Gasteiger partial charge in [-0.05, 0) is 60.6 Å². The summed E-state index contributed by atoms with van der Waals surface area (Å²) in [7, 11) is 1.93. The van der Waals surface area contributed by atoms with E-state index >= 15 is 0 Å². The minimum atomic E-state index is -0.914. The van der Waals surface area contributed by atoms with Crippen LogP contribution in [-0.4, -0.2) is 98.9 Å². The number of carbonyl (C=O) groups is 2. The van der Waals surface area contributed by atoms with E-state index in [-0.39, 0.29) is 25.2 Å². The number of nitrogens with one attached hydrogen (secondary N) is 2. The maximum absolute atomic E-state index is 13.1. The van der Waals surface area contributed by atoms with E-state index in [0.29, 0.717) is 36.6 Å². The zero-order chi connectivity index (χ0) is 33.1. The highest BCUT2D eigenvalue weighted by Crippen LogP contribution is 2.44. The predicted octanol–water partition coefficient (Wildman–Crippen LogP) is 3.63. The van der Waals surface area contributed by atoms with Gasteiger partial charge in [0.05, 0.1) is 6.33 Å². The maximum Gasteiger partial charge on any atom is 0.408 e. The number of fused-ring (bicyclic) bond motifs is 2. The molecule has 2 N–H and O–H groups in total. The van der Waals surface area contributed by atoms with Crippen molar-refractivity contribution in [1.29, 1.82) is 0 Å². The van der Waals surface area contributed by atoms with Crippen molar-refractivity contribution in [3.05, 3.63) is 48.5 Å². The van der Waals surface area contributed by atoms with Crippen LogP contribution in [0.5, 0.6) is 0 Å². The van der Waals surface area contributed by atoms with Gasteiger partial charge in [0.25, 0.3) is 0 Å². The summed E-state index contributed by atoms with van der Waals surface area (Å²) in [6.45, 7) is 12.8. The van der Waals surface area contributed by atoms with Gasteiger partial charge in [-0.25, -0.2) is 24.5 Å². The molecular weight excluding hydrogens is 594 g/mol. The molecule has 0 saturated carbocycles. The molecule has 1 amide bonds. The first kappa shape index (κ1) is 33.5. The van der Waals surface area contributed by atoms with E-state index in [2.05, 4.69) is 25.6 Å². The van der Waals surface area contributed by atoms with Crippen LogP contribution in [0.15, 0.2) is 43.0 Å². The molecular formula is C32H45N7O7. The number of imidazole rings is 1. The van der Waals surface area contributed by atoms with Gasteiger partial charge in [-0.3, -0.25) is 4.57 Å². The van der Waals surface area contributed by atoms with Crippen molar-refractivity contribution < 1.29 is 33.3 Å². The second-order valence-electron chi connectivity index (χ2n) is 13.0. The van der Waals surface area contributed by atoms with Gasteiger partial charge in [0.1, 0.15) is 42.9 Å². The van der Waals surface area contributed by atoms with Crippen LogP contribution in [0.25, 0.3) is 11.2 Å². The summed E-state index contributed by atoms with van der Waals surface area (Å²) in [6.07, 6.45) is 1.12. The maximum atomic E-state index is 13.1. The summed E-state index contributed by atoms with van der Waals surface area (Å²) in [5.74, 6) is -0.687. The predicted molar refractivity (Wildman–Crippen MR) is 169 cm³/mol. The number of alkyl carbamates (subject to hydrolysis) is 1. The lowest BCUT2D eigenvalue weighted by Gasteiger charge is -2.28. The lowest BCUT2D eigenvalue weighted by molar-refractivity contribution is -0.197. The van der Waals surface area contributed by atoms with Gasteiger partial charge in [-0.2, -0.15) is 0 Å². The topological polar surface area (TPSA) is 151 Å². The Bertz CT molecular complexity index is 1490. The lowest BCUT2D eigenvalue weighted by atomic mass is 10.1. The molecule has 250 valence electrons. The van der Waals surface area contributed by atoms with E-state index < -0.39 is 41.8 Å². The minimum Gasteiger partial charge on any atom is -0.458 e. The average molecular weight is 640 g/mol. The van der Waals surface area contributed by atoms with E-state index in [9.17, 15) is 9.59 Å². The van der Waals surface area contributed by atoms with Crippen molar-refractivity contribution in [2.45, 2.75) is 96.5 Å². The standard InChI is InChI=1S/C32H45N7O7/c1-8-33-26-23-27(35-18-34-26)39(19-36-23)28-25-24(44-32(5,6)45-25)22(43-28)16-38(7)15-14-21(29(40)46-31(2,3)4)37-30(41)42-17-20-12-10-9-11-13-20/h9-13,18-19,21-22,24-25,28H,8,14-17H2,1-7H3,(H,37,41)(H,33,34,35)/t21-,22+,24+,25+,28+/m0/s1. The van der Waals surface area contributed by atoms with Crippen molar-refractivity contribution in [2.24, 2.45) is 0 Å². The molecule has 14 nitrogen and oxygen atoms in total. The van der Waals surface area contributed by atoms with E-state index in [1.54, 1.807) is 27.1 Å². The van der Waals surface area contributed by atoms with Crippen molar-refractivity contribution in [3.8, 4) is 0 Å². The van der Waals surface area contributed by atoms with Crippen molar-refractivity contribution in [2.75, 3.05) is 32.0 Å². The minimum absolute atomic E-state index is 0.0867. The quantitative estimate of drug-likeness (QED) is 0.279. The SMILES string of the molecule is CCNc1ncnc2c1ncn2[C@@H]1O[C@H](CN(C)CC[C@H](NC(=O)OCc2ccccc2)C(=O)OC(C)(C)C)[C@H]2OC(C)(C)O[C@H]21. The second-order valence-corrected chi connectivity index (χ2v) is 13.0. The zero-order valence-electron chi connectivity index (χ0n) is 27.6. The number of aromatic nitrogens is 4. The van der Waals surface area contributed by atoms with Crippen LogP contribution in [0, 0.1) is 0 Å². The number of hydrogen-bond acceptors (Lipinski definition) is 12. The van der Waals surface area contributed by atoms with Crippen LogP contribution >= 0.6 is 0 Å². The summed E-state index contributed by atoms with van der Waals surface area (Å²) in [5, 5.41) is 5.92. The molecule has 46 heavy (non-hydrogen) atoms. The van der Waals surface area contributed by atoms with E-state index in [4.69, 9.17) is 23.7 Å². The number of benzene rings is 1. The van der Waals surface area contributed by atoms with E-state index in [1.165, 1.54) is 6.33 Å². The molecule has 0 aliphatic carbocycles. The van der Waals surface area contributed by atoms with Gasteiger partial charge in [0, 0.05) is 19.6 Å². The molecule has 3 aromatic rings. The van der Waals surface area contributed by atoms with Gasteiger partial charge in [0.2, 0.25) is 0 Å².